The van der Waals surface area contributed by atoms with Crippen LogP contribution in [-0.2, 0) is 0 Å². The summed E-state index contributed by atoms with van der Waals surface area (Å²) in [6.07, 6.45) is 1.85. The molecule has 0 unspecified atom stereocenters. The first-order valence-electron chi connectivity index (χ1n) is 4.99. The molecule has 2 rings (SSSR count). The van der Waals surface area contributed by atoms with E-state index < -0.39 is 5.82 Å². The zero-order valence-electron chi connectivity index (χ0n) is 9.45. The predicted molar refractivity (Wildman–Crippen MR) is 72.9 cm³/mol. The molecule has 0 saturated heterocycles. The van der Waals surface area contributed by atoms with Crippen molar-refractivity contribution >= 4 is 40.7 Å². The van der Waals surface area contributed by atoms with Crippen LogP contribution >= 0.6 is 23.4 Å². The number of rotatable bonds is 3. The normalized spacial score (nSPS) is 10.4. The van der Waals surface area contributed by atoms with Crippen LogP contribution in [0, 0.1) is 5.82 Å². The molecule has 0 spiro atoms. The van der Waals surface area contributed by atoms with E-state index in [0.29, 0.717) is 22.5 Å². The van der Waals surface area contributed by atoms with E-state index in [1.54, 1.807) is 12.1 Å². The Morgan fingerprint density at radius 1 is 1.33 bits per heavy atom. The number of nitrogen functional groups attached to an aromatic ring is 1. The Hall–Kier alpha value is -1.53. The molecule has 1 aromatic heterocycles. The first-order valence-corrected chi connectivity index (χ1v) is 6.59. The van der Waals surface area contributed by atoms with Gasteiger partial charge in [0.2, 0.25) is 0 Å². The number of hydrogen-bond donors (Lipinski definition) is 2. The van der Waals surface area contributed by atoms with Crippen molar-refractivity contribution in [1.29, 1.82) is 0 Å². The lowest BCUT2D eigenvalue weighted by atomic mass is 10.3. The average molecular weight is 285 g/mol. The predicted octanol–water partition coefficient (Wildman–Crippen LogP) is 3.32. The van der Waals surface area contributed by atoms with E-state index in [2.05, 4.69) is 15.3 Å². The molecule has 0 amide bonds. The number of benzene rings is 1. The number of halogens is 2. The molecule has 94 valence electrons. The number of nitrogens with two attached hydrogens (primary N) is 1. The van der Waals surface area contributed by atoms with E-state index in [1.165, 1.54) is 23.9 Å². The van der Waals surface area contributed by atoms with Crippen molar-refractivity contribution in [2.24, 2.45) is 0 Å². The van der Waals surface area contributed by atoms with E-state index in [4.69, 9.17) is 17.3 Å². The highest BCUT2D eigenvalue weighted by atomic mass is 35.5. The summed E-state index contributed by atoms with van der Waals surface area (Å²) < 4.78 is 13.0. The lowest BCUT2D eigenvalue weighted by Gasteiger charge is -2.08. The van der Waals surface area contributed by atoms with Gasteiger partial charge in [0.25, 0.3) is 0 Å². The van der Waals surface area contributed by atoms with Gasteiger partial charge < -0.3 is 11.1 Å². The second-order valence-electron chi connectivity index (χ2n) is 3.42. The monoisotopic (exact) mass is 284 g/mol. The maximum absolute atomic E-state index is 13.0. The Balaban J connectivity index is 2.27. The summed E-state index contributed by atoms with van der Waals surface area (Å²) in [6.45, 7) is 0. The summed E-state index contributed by atoms with van der Waals surface area (Å²) in [5.41, 5.74) is 6.28. The molecule has 0 saturated carbocycles. The summed E-state index contributed by atoms with van der Waals surface area (Å²) in [7, 11) is 0. The second-order valence-corrected chi connectivity index (χ2v) is 4.60. The molecule has 0 aliphatic heterocycles. The van der Waals surface area contributed by atoms with Crippen LogP contribution in [0.3, 0.4) is 0 Å². The quantitative estimate of drug-likeness (QED) is 0.669. The molecular weight excluding hydrogens is 275 g/mol. The highest BCUT2D eigenvalue weighted by molar-refractivity contribution is 7.98. The standard InChI is InChI=1S/C11H10ClFN4S/c1-18-11-16-9(14)5-10(17-11)15-6-2-3-8(13)7(12)4-6/h2-5H,1H3,(H3,14,15,16,17). The van der Waals surface area contributed by atoms with Crippen molar-refractivity contribution in [1.82, 2.24) is 9.97 Å². The lowest BCUT2D eigenvalue weighted by Crippen LogP contribution is -2.00. The molecule has 0 aliphatic rings. The van der Waals surface area contributed by atoms with Gasteiger partial charge >= 0.3 is 0 Å². The lowest BCUT2D eigenvalue weighted by molar-refractivity contribution is 0.628. The molecule has 4 nitrogen and oxygen atoms in total. The first kappa shape index (κ1) is 12.9. The molecule has 1 aromatic carbocycles. The van der Waals surface area contributed by atoms with Gasteiger partial charge in [-0.25, -0.2) is 14.4 Å². The molecule has 0 aliphatic carbocycles. The van der Waals surface area contributed by atoms with Gasteiger partial charge in [-0.2, -0.15) is 0 Å². The maximum Gasteiger partial charge on any atom is 0.191 e. The molecule has 18 heavy (non-hydrogen) atoms. The van der Waals surface area contributed by atoms with Gasteiger partial charge in [-0.1, -0.05) is 23.4 Å². The number of hydrogen-bond acceptors (Lipinski definition) is 5. The number of thioether (sulfide) groups is 1. The Kier molecular flexibility index (Phi) is 3.88. The van der Waals surface area contributed by atoms with Crippen molar-refractivity contribution in [3.05, 3.63) is 35.1 Å². The fourth-order valence-electron chi connectivity index (χ4n) is 1.32. The second kappa shape index (κ2) is 5.41. The molecule has 0 radical (unpaired) electrons. The smallest absolute Gasteiger partial charge is 0.191 e. The summed E-state index contributed by atoms with van der Waals surface area (Å²) in [4.78, 5) is 8.25. The summed E-state index contributed by atoms with van der Waals surface area (Å²) in [5, 5.41) is 3.60. The van der Waals surface area contributed by atoms with Crippen LogP contribution in [0.15, 0.2) is 29.4 Å². The third-order valence-corrected chi connectivity index (χ3v) is 2.94. The van der Waals surface area contributed by atoms with Crippen molar-refractivity contribution in [3.63, 3.8) is 0 Å². The van der Waals surface area contributed by atoms with E-state index >= 15 is 0 Å². The van der Waals surface area contributed by atoms with Crippen LogP contribution < -0.4 is 11.1 Å². The molecule has 7 heteroatoms. The molecule has 1 heterocycles. The van der Waals surface area contributed by atoms with Gasteiger partial charge in [0.1, 0.15) is 17.5 Å². The number of anilines is 3. The van der Waals surface area contributed by atoms with Crippen LogP contribution in [0.1, 0.15) is 0 Å². The summed E-state index contributed by atoms with van der Waals surface area (Å²) in [6, 6.07) is 5.92. The van der Waals surface area contributed by atoms with Gasteiger partial charge in [0.15, 0.2) is 5.16 Å². The zero-order chi connectivity index (χ0) is 13.1. The maximum atomic E-state index is 13.0. The minimum absolute atomic E-state index is 0.0483. The third-order valence-electron chi connectivity index (χ3n) is 2.10. The number of nitrogens with zero attached hydrogens (tertiary/aromatic N) is 2. The van der Waals surface area contributed by atoms with Crippen LogP contribution in [0.5, 0.6) is 0 Å². The topological polar surface area (TPSA) is 63.8 Å². The van der Waals surface area contributed by atoms with Gasteiger partial charge in [0.05, 0.1) is 5.02 Å². The van der Waals surface area contributed by atoms with Crippen LogP contribution in [0.25, 0.3) is 0 Å². The number of aromatic nitrogens is 2. The highest BCUT2D eigenvalue weighted by Gasteiger charge is 2.04. The number of nitrogens with one attached hydrogen (secondary N) is 1. The Morgan fingerprint density at radius 3 is 2.78 bits per heavy atom. The van der Waals surface area contributed by atoms with Crippen molar-refractivity contribution in [3.8, 4) is 0 Å². The van der Waals surface area contributed by atoms with Crippen molar-refractivity contribution in [2.75, 3.05) is 17.3 Å². The van der Waals surface area contributed by atoms with Crippen LogP contribution in [0.4, 0.5) is 21.7 Å². The Labute approximate surface area is 113 Å². The molecular formula is C11H10ClFN4S. The Bertz CT molecular complexity index is 579. The third kappa shape index (κ3) is 3.02. The molecule has 0 atom stereocenters. The van der Waals surface area contributed by atoms with E-state index in [0.717, 1.165) is 0 Å². The Morgan fingerprint density at radius 2 is 2.11 bits per heavy atom. The van der Waals surface area contributed by atoms with Gasteiger partial charge in [-0.3, -0.25) is 0 Å². The minimum Gasteiger partial charge on any atom is -0.383 e. The minimum atomic E-state index is -0.464. The van der Waals surface area contributed by atoms with Gasteiger partial charge in [0, 0.05) is 11.8 Å². The highest BCUT2D eigenvalue weighted by Crippen LogP contribution is 2.23. The average Bonchev–Trinajstić information content (AvgIpc) is 2.33. The first-order chi connectivity index (χ1) is 8.58. The van der Waals surface area contributed by atoms with E-state index in [9.17, 15) is 4.39 Å². The molecule has 3 N–H and O–H groups in total. The zero-order valence-corrected chi connectivity index (χ0v) is 11.0. The fourth-order valence-corrected chi connectivity index (χ4v) is 1.89. The SMILES string of the molecule is CSc1nc(N)cc(Nc2ccc(F)c(Cl)c2)n1. The summed E-state index contributed by atoms with van der Waals surface area (Å²) >= 11 is 7.08. The van der Waals surface area contributed by atoms with Crippen LogP contribution in [-0.4, -0.2) is 16.2 Å². The fraction of sp³-hybridized carbons (Fsp3) is 0.0909. The van der Waals surface area contributed by atoms with E-state index in [-0.39, 0.29) is 5.02 Å². The molecule has 2 aromatic rings. The summed E-state index contributed by atoms with van der Waals surface area (Å²) in [5.74, 6) is 0.439. The molecule has 0 fully saturated rings. The van der Waals surface area contributed by atoms with Crippen molar-refractivity contribution < 1.29 is 4.39 Å². The van der Waals surface area contributed by atoms with Crippen molar-refractivity contribution in [2.45, 2.75) is 5.16 Å². The van der Waals surface area contributed by atoms with Gasteiger partial charge in [-0.05, 0) is 24.5 Å². The van der Waals surface area contributed by atoms with Crippen LogP contribution in [0.2, 0.25) is 5.02 Å². The molecule has 0 bridgehead atoms. The largest absolute Gasteiger partial charge is 0.383 e. The van der Waals surface area contributed by atoms with E-state index in [1.807, 2.05) is 6.26 Å². The van der Waals surface area contributed by atoms with Gasteiger partial charge in [-0.15, -0.1) is 0 Å².